The summed E-state index contributed by atoms with van der Waals surface area (Å²) in [6.07, 6.45) is -0.306. The highest BCUT2D eigenvalue weighted by atomic mass is 35.5. The Labute approximate surface area is 153 Å². The van der Waals surface area contributed by atoms with Crippen LogP contribution in [0.2, 0.25) is 5.02 Å². The van der Waals surface area contributed by atoms with Gasteiger partial charge in [-0.25, -0.2) is 8.42 Å². The van der Waals surface area contributed by atoms with Gasteiger partial charge in [0.25, 0.3) is 0 Å². The van der Waals surface area contributed by atoms with Crippen LogP contribution in [0.5, 0.6) is 5.75 Å². The van der Waals surface area contributed by atoms with Gasteiger partial charge in [0.05, 0.1) is 24.7 Å². The number of benzene rings is 2. The summed E-state index contributed by atoms with van der Waals surface area (Å²) in [7, 11) is -2.04. The van der Waals surface area contributed by atoms with Gasteiger partial charge in [0.2, 0.25) is 10.0 Å². The van der Waals surface area contributed by atoms with E-state index >= 15 is 0 Å². The molecule has 134 valence electrons. The molecule has 1 saturated heterocycles. The van der Waals surface area contributed by atoms with Crippen LogP contribution in [-0.2, 0) is 14.8 Å². The van der Waals surface area contributed by atoms with E-state index in [0.717, 1.165) is 5.56 Å². The van der Waals surface area contributed by atoms with Crippen LogP contribution in [0.3, 0.4) is 0 Å². The van der Waals surface area contributed by atoms with Gasteiger partial charge in [-0.05, 0) is 48.4 Å². The molecule has 1 aliphatic rings. The Morgan fingerprint density at radius 2 is 1.92 bits per heavy atom. The van der Waals surface area contributed by atoms with Gasteiger partial charge in [0.15, 0.2) is 0 Å². The number of hydrogen-bond donors (Lipinski definition) is 0. The second-order valence-corrected chi connectivity index (χ2v) is 8.25. The number of methoxy groups -OCH3 is 1. The molecule has 5 nitrogen and oxygen atoms in total. The van der Waals surface area contributed by atoms with E-state index < -0.39 is 10.0 Å². The Bertz CT molecular complexity index is 852. The Kier molecular flexibility index (Phi) is 5.34. The smallest absolute Gasteiger partial charge is 0.243 e. The number of rotatable bonds is 4. The third kappa shape index (κ3) is 3.82. The van der Waals surface area contributed by atoms with Crippen molar-refractivity contribution in [3.05, 3.63) is 58.6 Å². The molecule has 1 unspecified atom stereocenters. The summed E-state index contributed by atoms with van der Waals surface area (Å²) in [5.74, 6) is 0.637. The van der Waals surface area contributed by atoms with E-state index in [9.17, 15) is 8.42 Å². The number of aryl methyl sites for hydroxylation is 1. The highest BCUT2D eigenvalue weighted by molar-refractivity contribution is 7.89. The minimum atomic E-state index is -3.60. The van der Waals surface area contributed by atoms with Gasteiger partial charge in [0, 0.05) is 18.1 Å². The second-order valence-electron chi connectivity index (χ2n) is 5.91. The maximum Gasteiger partial charge on any atom is 0.243 e. The molecule has 1 fully saturated rings. The molecular formula is C18H20ClNO4S. The van der Waals surface area contributed by atoms with Crippen molar-refractivity contribution >= 4 is 21.6 Å². The lowest BCUT2D eigenvalue weighted by atomic mass is 10.1. The molecule has 1 aliphatic heterocycles. The van der Waals surface area contributed by atoms with Gasteiger partial charge in [-0.15, -0.1) is 0 Å². The third-order valence-corrected chi connectivity index (χ3v) is 6.55. The molecule has 0 N–H and O–H groups in total. The van der Waals surface area contributed by atoms with E-state index in [2.05, 4.69) is 0 Å². The topological polar surface area (TPSA) is 55.8 Å². The van der Waals surface area contributed by atoms with Crippen molar-refractivity contribution in [2.75, 3.05) is 26.8 Å². The lowest BCUT2D eigenvalue weighted by Gasteiger charge is -2.32. The van der Waals surface area contributed by atoms with Gasteiger partial charge in [-0.3, -0.25) is 0 Å². The number of hydrogen-bond acceptors (Lipinski definition) is 4. The van der Waals surface area contributed by atoms with Crippen LogP contribution in [0.25, 0.3) is 0 Å². The summed E-state index contributed by atoms with van der Waals surface area (Å²) in [5, 5.41) is 0.637. The molecule has 0 saturated carbocycles. The van der Waals surface area contributed by atoms with Crippen molar-refractivity contribution in [2.24, 2.45) is 0 Å². The molecule has 1 atom stereocenters. The van der Waals surface area contributed by atoms with E-state index in [1.807, 2.05) is 12.1 Å². The first-order chi connectivity index (χ1) is 11.9. The Balaban J connectivity index is 1.86. The average Bonchev–Trinajstić information content (AvgIpc) is 2.62. The molecule has 0 aromatic heterocycles. The molecule has 0 amide bonds. The van der Waals surface area contributed by atoms with E-state index in [-0.39, 0.29) is 12.6 Å². The van der Waals surface area contributed by atoms with Crippen molar-refractivity contribution in [2.45, 2.75) is 17.9 Å². The number of ether oxygens (including phenoxy) is 2. The lowest BCUT2D eigenvalue weighted by molar-refractivity contribution is -0.00256. The average molecular weight is 382 g/mol. The summed E-state index contributed by atoms with van der Waals surface area (Å²) in [6.45, 7) is 2.72. The molecule has 0 spiro atoms. The van der Waals surface area contributed by atoms with Crippen LogP contribution < -0.4 is 4.74 Å². The van der Waals surface area contributed by atoms with Gasteiger partial charge >= 0.3 is 0 Å². The van der Waals surface area contributed by atoms with Crippen molar-refractivity contribution in [3.8, 4) is 5.75 Å². The lowest BCUT2D eigenvalue weighted by Crippen LogP contribution is -2.42. The van der Waals surface area contributed by atoms with Crippen molar-refractivity contribution in [3.63, 3.8) is 0 Å². The summed E-state index contributed by atoms with van der Waals surface area (Å²) < 4.78 is 38.5. The summed E-state index contributed by atoms with van der Waals surface area (Å²) in [6, 6.07) is 12.3. The number of nitrogens with zero attached hydrogens (tertiary/aromatic N) is 1. The Morgan fingerprint density at radius 3 is 2.56 bits per heavy atom. The van der Waals surface area contributed by atoms with Crippen LogP contribution in [0, 0.1) is 6.92 Å². The van der Waals surface area contributed by atoms with E-state index in [1.165, 1.54) is 4.31 Å². The zero-order chi connectivity index (χ0) is 18.0. The molecule has 1 heterocycles. The fourth-order valence-corrected chi connectivity index (χ4v) is 4.66. The first-order valence-electron chi connectivity index (χ1n) is 7.93. The highest BCUT2D eigenvalue weighted by Gasteiger charge is 2.32. The zero-order valence-corrected chi connectivity index (χ0v) is 15.7. The molecular weight excluding hydrogens is 362 g/mol. The maximum absolute atomic E-state index is 13.0. The molecule has 2 aromatic carbocycles. The van der Waals surface area contributed by atoms with Crippen molar-refractivity contribution in [1.82, 2.24) is 4.31 Å². The third-order valence-electron chi connectivity index (χ3n) is 4.27. The molecule has 0 bridgehead atoms. The SMILES string of the molecule is COc1ccc(S(=O)(=O)N2CCOC(c3ccc(Cl)cc3)C2)c(C)c1. The standard InChI is InChI=1S/C18H20ClNO4S/c1-13-11-16(23-2)7-8-18(13)25(21,22)20-9-10-24-17(12-20)14-3-5-15(19)6-4-14/h3-8,11,17H,9-10,12H2,1-2H3. The predicted octanol–water partition coefficient (Wildman–Crippen LogP) is 3.42. The van der Waals surface area contributed by atoms with Crippen LogP contribution in [-0.4, -0.2) is 39.5 Å². The van der Waals surface area contributed by atoms with Gasteiger partial charge < -0.3 is 9.47 Å². The summed E-state index contributed by atoms with van der Waals surface area (Å²) >= 11 is 5.92. The molecule has 7 heteroatoms. The quantitative estimate of drug-likeness (QED) is 0.814. The fraction of sp³-hybridized carbons (Fsp3) is 0.333. The van der Waals surface area contributed by atoms with Crippen LogP contribution >= 0.6 is 11.6 Å². The largest absolute Gasteiger partial charge is 0.497 e. The number of sulfonamides is 1. The molecule has 3 rings (SSSR count). The van der Waals surface area contributed by atoms with Crippen LogP contribution in [0.1, 0.15) is 17.2 Å². The first-order valence-corrected chi connectivity index (χ1v) is 9.75. The van der Waals surface area contributed by atoms with E-state index in [4.69, 9.17) is 21.1 Å². The van der Waals surface area contributed by atoms with E-state index in [0.29, 0.717) is 34.4 Å². The minimum absolute atomic E-state index is 0.273. The second kappa shape index (κ2) is 7.33. The van der Waals surface area contributed by atoms with Crippen LogP contribution in [0.15, 0.2) is 47.4 Å². The monoisotopic (exact) mass is 381 g/mol. The first kappa shape index (κ1) is 18.2. The molecule has 0 radical (unpaired) electrons. The Morgan fingerprint density at radius 1 is 1.20 bits per heavy atom. The van der Waals surface area contributed by atoms with Crippen molar-refractivity contribution < 1.29 is 17.9 Å². The van der Waals surface area contributed by atoms with E-state index in [1.54, 1.807) is 44.4 Å². The highest BCUT2D eigenvalue weighted by Crippen LogP contribution is 2.29. The molecule has 0 aliphatic carbocycles. The number of morpholine rings is 1. The molecule has 2 aromatic rings. The van der Waals surface area contributed by atoms with Gasteiger partial charge in [-0.1, -0.05) is 23.7 Å². The fourth-order valence-electron chi connectivity index (χ4n) is 2.90. The van der Waals surface area contributed by atoms with Crippen molar-refractivity contribution in [1.29, 1.82) is 0 Å². The zero-order valence-electron chi connectivity index (χ0n) is 14.1. The minimum Gasteiger partial charge on any atom is -0.497 e. The summed E-state index contributed by atoms with van der Waals surface area (Å²) in [4.78, 5) is 0.296. The summed E-state index contributed by atoms with van der Waals surface area (Å²) in [5.41, 5.74) is 1.57. The van der Waals surface area contributed by atoms with Gasteiger partial charge in [0.1, 0.15) is 5.75 Å². The maximum atomic E-state index is 13.0. The number of halogens is 1. The normalized spacial score (nSPS) is 18.9. The Hall–Kier alpha value is -1.60. The van der Waals surface area contributed by atoms with Crippen LogP contribution in [0.4, 0.5) is 0 Å². The molecule has 25 heavy (non-hydrogen) atoms. The predicted molar refractivity (Wildman–Crippen MR) is 96.6 cm³/mol. The van der Waals surface area contributed by atoms with Gasteiger partial charge in [-0.2, -0.15) is 4.31 Å².